The highest BCUT2D eigenvalue weighted by molar-refractivity contribution is 6.45. The van der Waals surface area contributed by atoms with Crippen molar-refractivity contribution < 1.29 is 28.9 Å². The number of ketones is 4. The summed E-state index contributed by atoms with van der Waals surface area (Å²) in [5, 5.41) is 10.3. The van der Waals surface area contributed by atoms with Crippen LogP contribution in [0.3, 0.4) is 0 Å². The van der Waals surface area contributed by atoms with Crippen LogP contribution in [0.15, 0.2) is 65.8 Å². The van der Waals surface area contributed by atoms with E-state index in [-0.39, 0.29) is 27.9 Å². The molecule has 2 aromatic carbocycles. The summed E-state index contributed by atoms with van der Waals surface area (Å²) in [4.78, 5) is 53.2. The molecule has 0 atom stereocenters. The van der Waals surface area contributed by atoms with E-state index in [1.165, 1.54) is 12.1 Å². The minimum atomic E-state index is -1.14. The van der Waals surface area contributed by atoms with Crippen LogP contribution in [0.2, 0.25) is 0 Å². The van der Waals surface area contributed by atoms with Gasteiger partial charge in [0.15, 0.2) is 28.8 Å². The fraction of sp³-hybridized carbons (Fsp3) is 0.276. The minimum Gasteiger partial charge on any atom is -0.508 e. The number of allylic oxidation sites excluding steroid dienone is 4. The molecule has 2 aliphatic carbocycles. The number of phenols is 1. The smallest absolute Gasteiger partial charge is 0.209 e. The molecule has 1 N–H and O–H groups in total. The van der Waals surface area contributed by atoms with Gasteiger partial charge < -0.3 is 10.0 Å². The zero-order valence-electron chi connectivity index (χ0n) is 20.8. The maximum Gasteiger partial charge on any atom is 0.209 e. The molecule has 2 fully saturated rings. The number of phenolic OH excluding ortho intramolecular Hbond substituents is 1. The molecule has 182 valence electrons. The Kier molecular flexibility index (Phi) is 5.21. The Morgan fingerprint density at radius 3 is 2.14 bits per heavy atom. The van der Waals surface area contributed by atoms with E-state index in [4.69, 9.17) is 0 Å². The Bertz CT molecular complexity index is 1450. The monoisotopic (exact) mass is 483 g/mol. The zero-order chi connectivity index (χ0) is 26.1. The van der Waals surface area contributed by atoms with E-state index in [1.54, 1.807) is 23.1 Å². The average molecular weight is 484 g/mol. The van der Waals surface area contributed by atoms with Gasteiger partial charge in [-0.2, -0.15) is 4.58 Å². The fourth-order valence-corrected chi connectivity index (χ4v) is 5.33. The number of para-hydroxylation sites is 1. The van der Waals surface area contributed by atoms with Crippen molar-refractivity contribution in [3.8, 4) is 5.75 Å². The lowest BCUT2D eigenvalue weighted by atomic mass is 9.68. The number of aromatic hydroxyl groups is 1. The highest BCUT2D eigenvalue weighted by Crippen LogP contribution is 2.43. The number of hydrogen-bond donors (Lipinski definition) is 1. The van der Waals surface area contributed by atoms with Crippen LogP contribution >= 0.6 is 0 Å². The predicted molar refractivity (Wildman–Crippen MR) is 135 cm³/mol. The molecule has 3 aliphatic rings. The van der Waals surface area contributed by atoms with E-state index in [0.29, 0.717) is 0 Å². The maximum absolute atomic E-state index is 12.9. The number of fused-ring (bicyclic) bond motifs is 1. The second-order valence-corrected chi connectivity index (χ2v) is 10.2. The molecule has 0 saturated heterocycles. The number of hydrogen-bond acceptors (Lipinski definition) is 6. The fourth-order valence-electron chi connectivity index (χ4n) is 5.33. The minimum absolute atomic E-state index is 0.0762. The first-order chi connectivity index (χ1) is 16.9. The molecule has 0 amide bonds. The van der Waals surface area contributed by atoms with Crippen LogP contribution < -0.4 is 4.90 Å². The van der Waals surface area contributed by atoms with Crippen LogP contribution in [-0.2, 0) is 24.6 Å². The number of nitrogens with zero attached hydrogens (tertiary/aromatic N) is 2. The third-order valence-corrected chi connectivity index (χ3v) is 7.55. The molecular formula is C29H27N2O5+. The molecule has 0 aromatic heterocycles. The van der Waals surface area contributed by atoms with Crippen molar-refractivity contribution in [1.29, 1.82) is 0 Å². The van der Waals surface area contributed by atoms with Crippen LogP contribution in [0.5, 0.6) is 5.75 Å². The largest absolute Gasteiger partial charge is 0.508 e. The van der Waals surface area contributed by atoms with E-state index in [0.717, 1.165) is 22.6 Å². The molecule has 2 saturated carbocycles. The second-order valence-electron chi connectivity index (χ2n) is 10.2. The van der Waals surface area contributed by atoms with E-state index in [9.17, 15) is 24.3 Å². The molecule has 0 bridgehead atoms. The summed E-state index contributed by atoms with van der Waals surface area (Å²) < 4.78 is 1.98. The summed E-state index contributed by atoms with van der Waals surface area (Å²) in [7, 11) is 5.53. The van der Waals surface area contributed by atoms with Crippen LogP contribution in [0.4, 0.5) is 11.4 Å². The molecule has 0 radical (unpaired) electrons. The molecule has 5 rings (SSSR count). The van der Waals surface area contributed by atoms with Crippen LogP contribution in [0.1, 0.15) is 30.9 Å². The van der Waals surface area contributed by atoms with E-state index < -0.39 is 35.0 Å². The van der Waals surface area contributed by atoms with Crippen LogP contribution in [0, 0.1) is 5.92 Å². The summed E-state index contributed by atoms with van der Waals surface area (Å²) in [6, 6.07) is 12.7. The number of Topliss-reactive ketones (excluding diaryl/α,β-unsaturated/α-hetero) is 4. The van der Waals surface area contributed by atoms with Crippen LogP contribution in [-0.4, -0.2) is 59.7 Å². The van der Waals surface area contributed by atoms with Gasteiger partial charge in [-0.25, -0.2) is 0 Å². The van der Waals surface area contributed by atoms with E-state index in [2.05, 4.69) is 0 Å². The van der Waals surface area contributed by atoms with Crippen LogP contribution in [0.25, 0.3) is 0 Å². The van der Waals surface area contributed by atoms with Crippen molar-refractivity contribution in [2.45, 2.75) is 25.2 Å². The molecule has 7 heteroatoms. The number of carbonyl (C=O) groups excluding carboxylic acids is 4. The number of rotatable bonds is 4. The first-order valence-corrected chi connectivity index (χ1v) is 11.8. The standard InChI is InChI=1S/C29H26N2O5/c1-29(2)20-8-6-7-9-21(20)31(5)23(29)14-19-25(33)17(26(19)34)13-18-27(35)24(28(18)36)16-11-10-15(30(3)4)12-22(16)32/h6-14,17,24H,1-5H3/p+1. The highest BCUT2D eigenvalue weighted by Gasteiger charge is 2.51. The van der Waals surface area contributed by atoms with Gasteiger partial charge in [0.25, 0.3) is 0 Å². The Balaban J connectivity index is 1.37. The van der Waals surface area contributed by atoms with Crippen molar-refractivity contribution in [3.05, 3.63) is 76.9 Å². The lowest BCUT2D eigenvalue weighted by molar-refractivity contribution is -0.401. The molecule has 36 heavy (non-hydrogen) atoms. The third kappa shape index (κ3) is 3.22. The molecular weight excluding hydrogens is 456 g/mol. The highest BCUT2D eigenvalue weighted by atomic mass is 16.3. The lowest BCUT2D eigenvalue weighted by Gasteiger charge is -2.30. The number of anilines is 1. The maximum atomic E-state index is 12.9. The van der Waals surface area contributed by atoms with Gasteiger partial charge in [0, 0.05) is 49.1 Å². The summed E-state index contributed by atoms with van der Waals surface area (Å²) in [6.07, 6.45) is 2.83. The van der Waals surface area contributed by atoms with Gasteiger partial charge in [-0.3, -0.25) is 19.2 Å². The topological polar surface area (TPSA) is 94.8 Å². The SMILES string of the molecule is CN(C)c1ccc(C2C(=O)C(=CC3C(=O)C(=CC4=[N+](C)c5ccccc5C4(C)C)C3=O)C2=O)c(O)c1. The Morgan fingerprint density at radius 2 is 1.56 bits per heavy atom. The van der Waals surface area contributed by atoms with Crippen molar-refractivity contribution in [3.63, 3.8) is 0 Å². The Morgan fingerprint density at radius 1 is 0.917 bits per heavy atom. The molecule has 0 spiro atoms. The Labute approximate surface area is 209 Å². The summed E-state index contributed by atoms with van der Waals surface area (Å²) in [5.74, 6) is -4.18. The second kappa shape index (κ2) is 7.95. The van der Waals surface area contributed by atoms with E-state index >= 15 is 0 Å². The van der Waals surface area contributed by atoms with Crippen molar-refractivity contribution in [2.75, 3.05) is 26.0 Å². The summed E-state index contributed by atoms with van der Waals surface area (Å²) in [6.45, 7) is 4.09. The van der Waals surface area contributed by atoms with Gasteiger partial charge in [0.2, 0.25) is 5.69 Å². The van der Waals surface area contributed by atoms with Gasteiger partial charge in [-0.15, -0.1) is 0 Å². The lowest BCUT2D eigenvalue weighted by Crippen LogP contribution is -2.44. The van der Waals surface area contributed by atoms with Gasteiger partial charge in [-0.05, 0) is 19.9 Å². The first kappa shape index (κ1) is 23.6. The predicted octanol–water partition coefficient (Wildman–Crippen LogP) is 3.02. The van der Waals surface area contributed by atoms with Crippen molar-refractivity contribution in [1.82, 2.24) is 0 Å². The first-order valence-electron chi connectivity index (χ1n) is 11.8. The molecule has 2 aromatic rings. The number of benzene rings is 2. The third-order valence-electron chi connectivity index (χ3n) is 7.55. The molecule has 0 unspecified atom stereocenters. The Hall–Kier alpha value is -4.13. The zero-order valence-corrected chi connectivity index (χ0v) is 20.8. The van der Waals surface area contributed by atoms with Gasteiger partial charge in [-0.1, -0.05) is 30.3 Å². The average Bonchev–Trinajstić information content (AvgIpc) is 3.03. The van der Waals surface area contributed by atoms with Gasteiger partial charge in [0.05, 0.1) is 16.6 Å². The summed E-state index contributed by atoms with van der Waals surface area (Å²) >= 11 is 0. The summed E-state index contributed by atoms with van der Waals surface area (Å²) in [5.41, 5.74) is 3.45. The van der Waals surface area contributed by atoms with Gasteiger partial charge >= 0.3 is 0 Å². The molecule has 1 heterocycles. The van der Waals surface area contributed by atoms with E-state index in [1.807, 2.05) is 63.8 Å². The molecule has 1 aliphatic heterocycles. The number of carbonyl (C=O) groups is 4. The van der Waals surface area contributed by atoms with Gasteiger partial charge in [0.1, 0.15) is 24.6 Å². The molecule has 7 nitrogen and oxygen atoms in total. The quantitative estimate of drug-likeness (QED) is 0.311. The van der Waals surface area contributed by atoms with Crippen molar-refractivity contribution in [2.24, 2.45) is 5.92 Å². The van der Waals surface area contributed by atoms with Crippen molar-refractivity contribution >= 4 is 40.2 Å². The normalized spacial score (nSPS) is 22.4.